The first kappa shape index (κ1) is 9.96. The molecule has 1 aliphatic rings. The van der Waals surface area contributed by atoms with E-state index in [9.17, 15) is 0 Å². The lowest BCUT2D eigenvalue weighted by atomic mass is 10.2. The number of nitrogens with zero attached hydrogens (tertiary/aromatic N) is 1. The summed E-state index contributed by atoms with van der Waals surface area (Å²) in [7, 11) is 1.97. The largest absolute Gasteiger partial charge is 0.396 e. The van der Waals surface area contributed by atoms with Gasteiger partial charge in [0.25, 0.3) is 0 Å². The van der Waals surface area contributed by atoms with Crippen molar-refractivity contribution in [3.63, 3.8) is 0 Å². The predicted molar refractivity (Wildman–Crippen MR) is 50.2 cm³/mol. The zero-order valence-corrected chi connectivity index (χ0v) is 7.92. The number of rotatable bonds is 5. The maximum atomic E-state index is 8.78. The molecule has 1 fully saturated rings. The van der Waals surface area contributed by atoms with Gasteiger partial charge >= 0.3 is 0 Å². The summed E-state index contributed by atoms with van der Waals surface area (Å²) < 4.78 is 0. The molecule has 2 N–H and O–H groups in total. The average Bonchev–Trinajstić information content (AvgIpc) is 2.56. The molecular weight excluding hydrogens is 152 g/mol. The normalized spacial score (nSPS) is 21.5. The van der Waals surface area contributed by atoms with Crippen LogP contribution in [0.1, 0.15) is 19.3 Å². The van der Waals surface area contributed by atoms with Crippen molar-refractivity contribution in [3.8, 4) is 0 Å². The lowest BCUT2D eigenvalue weighted by Crippen LogP contribution is -2.38. The van der Waals surface area contributed by atoms with E-state index in [-0.39, 0.29) is 0 Å². The number of nitrogens with one attached hydrogen (secondary N) is 1. The maximum absolute atomic E-state index is 8.78. The number of likely N-dealkylation sites (tertiary alicyclic amines) is 1. The first-order valence-corrected chi connectivity index (χ1v) is 4.87. The molecule has 0 aromatic heterocycles. The summed E-state index contributed by atoms with van der Waals surface area (Å²) in [5.74, 6) is 0. The molecule has 0 aliphatic carbocycles. The SMILES string of the molecule is CN[C@H](CCO)CN1CCCC1. The van der Waals surface area contributed by atoms with Crippen molar-refractivity contribution in [3.05, 3.63) is 0 Å². The van der Waals surface area contributed by atoms with Gasteiger partial charge < -0.3 is 15.3 Å². The summed E-state index contributed by atoms with van der Waals surface area (Å²) in [6.07, 6.45) is 3.55. The monoisotopic (exact) mass is 172 g/mol. The molecule has 0 unspecified atom stereocenters. The second kappa shape index (κ2) is 5.51. The molecule has 1 heterocycles. The van der Waals surface area contributed by atoms with Gasteiger partial charge in [0.1, 0.15) is 0 Å². The zero-order chi connectivity index (χ0) is 8.81. The van der Waals surface area contributed by atoms with Crippen molar-refractivity contribution < 1.29 is 5.11 Å². The maximum Gasteiger partial charge on any atom is 0.0446 e. The van der Waals surface area contributed by atoms with E-state index in [4.69, 9.17) is 5.11 Å². The fraction of sp³-hybridized carbons (Fsp3) is 1.00. The molecule has 0 bridgehead atoms. The molecule has 3 heteroatoms. The molecule has 72 valence electrons. The molecule has 0 radical (unpaired) electrons. The van der Waals surface area contributed by atoms with Gasteiger partial charge in [-0.3, -0.25) is 0 Å². The Bertz CT molecular complexity index is 113. The van der Waals surface area contributed by atoms with Crippen molar-refractivity contribution in [2.45, 2.75) is 25.3 Å². The topological polar surface area (TPSA) is 35.5 Å². The summed E-state index contributed by atoms with van der Waals surface area (Å²) in [6.45, 7) is 3.86. The number of aliphatic hydroxyl groups excluding tert-OH is 1. The number of likely N-dealkylation sites (N-methyl/N-ethyl adjacent to an activating group) is 1. The second-order valence-electron chi connectivity index (χ2n) is 3.51. The molecule has 0 spiro atoms. The molecule has 1 rings (SSSR count). The van der Waals surface area contributed by atoms with Crippen LogP contribution in [0, 0.1) is 0 Å². The standard InChI is InChI=1S/C9H20N2O/c1-10-9(4-7-12)8-11-5-2-3-6-11/h9-10,12H,2-8H2,1H3/t9-/m1/s1. The van der Waals surface area contributed by atoms with Gasteiger partial charge in [-0.1, -0.05) is 0 Å². The number of hydrogen-bond donors (Lipinski definition) is 2. The van der Waals surface area contributed by atoms with Crippen molar-refractivity contribution in [1.82, 2.24) is 10.2 Å². The van der Waals surface area contributed by atoms with Crippen LogP contribution in [0.5, 0.6) is 0 Å². The third-order valence-corrected chi connectivity index (χ3v) is 2.56. The molecule has 0 amide bonds. The van der Waals surface area contributed by atoms with E-state index < -0.39 is 0 Å². The summed E-state index contributed by atoms with van der Waals surface area (Å²) in [5, 5.41) is 12.0. The average molecular weight is 172 g/mol. The van der Waals surface area contributed by atoms with Gasteiger partial charge in [-0.2, -0.15) is 0 Å². The second-order valence-corrected chi connectivity index (χ2v) is 3.51. The number of hydrogen-bond acceptors (Lipinski definition) is 3. The zero-order valence-electron chi connectivity index (χ0n) is 7.92. The smallest absolute Gasteiger partial charge is 0.0446 e. The van der Waals surface area contributed by atoms with E-state index in [2.05, 4.69) is 10.2 Å². The molecule has 3 nitrogen and oxygen atoms in total. The van der Waals surface area contributed by atoms with Crippen LogP contribution in [0.15, 0.2) is 0 Å². The van der Waals surface area contributed by atoms with E-state index in [1.807, 2.05) is 7.05 Å². The fourth-order valence-electron chi connectivity index (χ4n) is 1.76. The Morgan fingerprint density at radius 3 is 2.58 bits per heavy atom. The highest BCUT2D eigenvalue weighted by Gasteiger charge is 2.15. The van der Waals surface area contributed by atoms with E-state index in [1.165, 1.54) is 25.9 Å². The van der Waals surface area contributed by atoms with Crippen LogP contribution in [0.25, 0.3) is 0 Å². The van der Waals surface area contributed by atoms with Gasteiger partial charge in [-0.05, 0) is 39.4 Å². The van der Waals surface area contributed by atoms with Crippen LogP contribution in [0.2, 0.25) is 0 Å². The van der Waals surface area contributed by atoms with Crippen molar-refractivity contribution in [2.24, 2.45) is 0 Å². The van der Waals surface area contributed by atoms with Gasteiger partial charge in [0.2, 0.25) is 0 Å². The lowest BCUT2D eigenvalue weighted by Gasteiger charge is -2.22. The highest BCUT2D eigenvalue weighted by atomic mass is 16.3. The third kappa shape index (κ3) is 3.09. The summed E-state index contributed by atoms with van der Waals surface area (Å²) >= 11 is 0. The molecule has 1 saturated heterocycles. The Hall–Kier alpha value is -0.120. The van der Waals surface area contributed by atoms with Crippen molar-refractivity contribution >= 4 is 0 Å². The molecular formula is C9H20N2O. The Labute approximate surface area is 74.8 Å². The molecule has 0 saturated carbocycles. The highest BCUT2D eigenvalue weighted by Crippen LogP contribution is 2.08. The van der Waals surface area contributed by atoms with Crippen LogP contribution in [0.4, 0.5) is 0 Å². The van der Waals surface area contributed by atoms with Crippen LogP contribution in [-0.2, 0) is 0 Å². The van der Waals surface area contributed by atoms with Gasteiger partial charge in [0.05, 0.1) is 0 Å². The van der Waals surface area contributed by atoms with Gasteiger partial charge in [0, 0.05) is 19.2 Å². The van der Waals surface area contributed by atoms with E-state index in [0.29, 0.717) is 12.6 Å². The molecule has 0 aromatic rings. The minimum atomic E-state index is 0.291. The van der Waals surface area contributed by atoms with E-state index in [1.54, 1.807) is 0 Å². The van der Waals surface area contributed by atoms with Crippen molar-refractivity contribution in [1.29, 1.82) is 0 Å². The Balaban J connectivity index is 2.16. The third-order valence-electron chi connectivity index (χ3n) is 2.56. The van der Waals surface area contributed by atoms with Crippen LogP contribution in [-0.4, -0.2) is 49.3 Å². The molecule has 1 atom stereocenters. The van der Waals surface area contributed by atoms with Crippen LogP contribution < -0.4 is 5.32 Å². The van der Waals surface area contributed by atoms with E-state index in [0.717, 1.165) is 13.0 Å². The van der Waals surface area contributed by atoms with Gasteiger partial charge in [-0.15, -0.1) is 0 Å². The lowest BCUT2D eigenvalue weighted by molar-refractivity contribution is 0.234. The molecule has 1 aliphatic heterocycles. The minimum absolute atomic E-state index is 0.291. The first-order chi connectivity index (χ1) is 5.86. The summed E-state index contributed by atoms with van der Waals surface area (Å²) in [5.41, 5.74) is 0. The van der Waals surface area contributed by atoms with Crippen LogP contribution in [0.3, 0.4) is 0 Å². The predicted octanol–water partition coefficient (Wildman–Crippen LogP) is 0.0526. The summed E-state index contributed by atoms with van der Waals surface area (Å²) in [4.78, 5) is 2.47. The van der Waals surface area contributed by atoms with Crippen molar-refractivity contribution in [2.75, 3.05) is 33.3 Å². The molecule has 0 aromatic carbocycles. The Kier molecular flexibility index (Phi) is 4.58. The highest BCUT2D eigenvalue weighted by molar-refractivity contribution is 4.73. The van der Waals surface area contributed by atoms with E-state index >= 15 is 0 Å². The number of aliphatic hydroxyl groups is 1. The van der Waals surface area contributed by atoms with Gasteiger partial charge in [0.15, 0.2) is 0 Å². The Morgan fingerprint density at radius 2 is 2.08 bits per heavy atom. The van der Waals surface area contributed by atoms with Gasteiger partial charge in [-0.25, -0.2) is 0 Å². The fourth-order valence-corrected chi connectivity index (χ4v) is 1.76. The van der Waals surface area contributed by atoms with Crippen LogP contribution >= 0.6 is 0 Å². The molecule has 12 heavy (non-hydrogen) atoms. The first-order valence-electron chi connectivity index (χ1n) is 4.87. The minimum Gasteiger partial charge on any atom is -0.396 e. The Morgan fingerprint density at radius 1 is 1.42 bits per heavy atom. The quantitative estimate of drug-likeness (QED) is 0.615. The summed E-state index contributed by atoms with van der Waals surface area (Å²) in [6, 6.07) is 0.466.